The van der Waals surface area contributed by atoms with Gasteiger partial charge in [-0.1, -0.05) is 18.2 Å². The van der Waals surface area contributed by atoms with Gasteiger partial charge < -0.3 is 5.32 Å². The number of nitrogens with zero attached hydrogens (tertiary/aromatic N) is 2. The van der Waals surface area contributed by atoms with Crippen LogP contribution in [0.25, 0.3) is 16.7 Å². The van der Waals surface area contributed by atoms with Gasteiger partial charge in [-0.2, -0.15) is 0 Å². The zero-order chi connectivity index (χ0) is 19.7. The number of fused-ring (bicyclic) bond motifs is 1. The third-order valence-corrected chi connectivity index (χ3v) is 5.49. The Morgan fingerprint density at radius 2 is 1.71 bits per heavy atom. The summed E-state index contributed by atoms with van der Waals surface area (Å²) in [5, 5.41) is 2.79. The van der Waals surface area contributed by atoms with Crippen molar-refractivity contribution in [1.82, 2.24) is 9.55 Å². The van der Waals surface area contributed by atoms with E-state index < -0.39 is 9.84 Å². The molecule has 1 aromatic heterocycles. The number of rotatable bonds is 4. The van der Waals surface area contributed by atoms with Crippen LogP contribution >= 0.6 is 0 Å². The number of imidazole rings is 1. The molecule has 0 aliphatic carbocycles. The number of carbonyl (C=O) groups is 1. The standard InChI is InChI=1S/C21H17N3O3S/c1-28(26,27)18-6-4-5-15(13-18)21(25)23-16-9-11-17(12-10-16)24-14-22-19-7-2-3-8-20(19)24/h2-14H,1H3,(H,23,25). The molecule has 1 heterocycles. The molecule has 0 radical (unpaired) electrons. The second-order valence-corrected chi connectivity index (χ2v) is 8.42. The number of hydrogen-bond donors (Lipinski definition) is 1. The van der Waals surface area contributed by atoms with Crippen LogP contribution in [0.2, 0.25) is 0 Å². The second-order valence-electron chi connectivity index (χ2n) is 6.40. The molecule has 1 amide bonds. The highest BCUT2D eigenvalue weighted by Gasteiger charge is 2.12. The zero-order valence-electron chi connectivity index (χ0n) is 15.0. The van der Waals surface area contributed by atoms with Crippen LogP contribution in [-0.4, -0.2) is 30.1 Å². The van der Waals surface area contributed by atoms with Crippen molar-refractivity contribution in [3.63, 3.8) is 0 Å². The van der Waals surface area contributed by atoms with E-state index in [-0.39, 0.29) is 16.4 Å². The summed E-state index contributed by atoms with van der Waals surface area (Å²) >= 11 is 0. The van der Waals surface area contributed by atoms with Gasteiger partial charge in [-0.15, -0.1) is 0 Å². The summed E-state index contributed by atoms with van der Waals surface area (Å²) in [4.78, 5) is 17.0. The lowest BCUT2D eigenvalue weighted by molar-refractivity contribution is 0.102. The topological polar surface area (TPSA) is 81.1 Å². The molecule has 0 bridgehead atoms. The number of sulfone groups is 1. The van der Waals surface area contributed by atoms with Crippen LogP contribution in [0.3, 0.4) is 0 Å². The SMILES string of the molecule is CS(=O)(=O)c1cccc(C(=O)Nc2ccc(-n3cnc4ccccc43)cc2)c1. The normalized spacial score (nSPS) is 11.5. The smallest absolute Gasteiger partial charge is 0.255 e. The van der Waals surface area contributed by atoms with Crippen LogP contribution < -0.4 is 5.32 Å². The molecule has 0 atom stereocenters. The van der Waals surface area contributed by atoms with Gasteiger partial charge in [0.05, 0.1) is 15.9 Å². The first-order valence-electron chi connectivity index (χ1n) is 8.56. The predicted molar refractivity (Wildman–Crippen MR) is 109 cm³/mol. The molecule has 0 spiro atoms. The molecule has 3 aromatic carbocycles. The molecule has 140 valence electrons. The molecular weight excluding hydrogens is 374 g/mol. The quantitative estimate of drug-likeness (QED) is 0.575. The first-order valence-corrected chi connectivity index (χ1v) is 10.4. The summed E-state index contributed by atoms with van der Waals surface area (Å²) in [5.41, 5.74) is 3.73. The highest BCUT2D eigenvalue weighted by molar-refractivity contribution is 7.90. The molecule has 4 rings (SSSR count). The van der Waals surface area contributed by atoms with Crippen molar-refractivity contribution in [2.24, 2.45) is 0 Å². The Morgan fingerprint density at radius 1 is 0.964 bits per heavy atom. The number of para-hydroxylation sites is 2. The average molecular weight is 391 g/mol. The van der Waals surface area contributed by atoms with E-state index in [1.165, 1.54) is 12.1 Å². The highest BCUT2D eigenvalue weighted by atomic mass is 32.2. The fraction of sp³-hybridized carbons (Fsp3) is 0.0476. The van der Waals surface area contributed by atoms with E-state index in [9.17, 15) is 13.2 Å². The molecular formula is C21H17N3O3S. The van der Waals surface area contributed by atoms with E-state index >= 15 is 0 Å². The highest BCUT2D eigenvalue weighted by Crippen LogP contribution is 2.20. The maximum atomic E-state index is 12.5. The third-order valence-electron chi connectivity index (χ3n) is 4.38. The average Bonchev–Trinajstić information content (AvgIpc) is 3.12. The minimum atomic E-state index is -3.37. The maximum Gasteiger partial charge on any atom is 0.255 e. The van der Waals surface area contributed by atoms with Crippen molar-refractivity contribution in [2.75, 3.05) is 11.6 Å². The molecule has 1 N–H and O–H groups in total. The van der Waals surface area contributed by atoms with Crippen molar-refractivity contribution >= 4 is 32.5 Å². The Balaban J connectivity index is 1.56. The maximum absolute atomic E-state index is 12.5. The first kappa shape index (κ1) is 17.9. The van der Waals surface area contributed by atoms with Crippen molar-refractivity contribution in [3.8, 4) is 5.69 Å². The second kappa shape index (κ2) is 6.94. The van der Waals surface area contributed by atoms with Gasteiger partial charge in [0.2, 0.25) is 0 Å². The Morgan fingerprint density at radius 3 is 2.46 bits per heavy atom. The minimum Gasteiger partial charge on any atom is -0.322 e. The Labute approximate surface area is 162 Å². The lowest BCUT2D eigenvalue weighted by atomic mass is 10.2. The van der Waals surface area contributed by atoms with Gasteiger partial charge in [0, 0.05) is 23.2 Å². The number of anilines is 1. The van der Waals surface area contributed by atoms with Crippen LogP contribution in [0.1, 0.15) is 10.4 Å². The number of nitrogens with one attached hydrogen (secondary N) is 1. The molecule has 0 fully saturated rings. The van der Waals surface area contributed by atoms with Crippen LogP contribution in [0.5, 0.6) is 0 Å². The van der Waals surface area contributed by atoms with Gasteiger partial charge in [-0.25, -0.2) is 13.4 Å². The van der Waals surface area contributed by atoms with Gasteiger partial charge >= 0.3 is 0 Å². The van der Waals surface area contributed by atoms with Crippen LogP contribution in [0.15, 0.2) is 84.0 Å². The molecule has 7 heteroatoms. The van der Waals surface area contributed by atoms with E-state index in [1.54, 1.807) is 30.6 Å². The van der Waals surface area contributed by atoms with Gasteiger partial charge in [0.25, 0.3) is 5.91 Å². The molecule has 0 saturated carbocycles. The van der Waals surface area contributed by atoms with Gasteiger partial charge in [-0.05, 0) is 54.6 Å². The van der Waals surface area contributed by atoms with E-state index in [0.717, 1.165) is 23.0 Å². The molecule has 6 nitrogen and oxygen atoms in total. The number of amides is 1. The molecule has 0 aliphatic rings. The number of carbonyl (C=O) groups excluding carboxylic acids is 1. The molecule has 0 aliphatic heterocycles. The zero-order valence-corrected chi connectivity index (χ0v) is 15.8. The summed E-state index contributed by atoms with van der Waals surface area (Å²) in [7, 11) is -3.37. The summed E-state index contributed by atoms with van der Waals surface area (Å²) in [5.74, 6) is -0.369. The van der Waals surface area contributed by atoms with Crippen molar-refractivity contribution in [2.45, 2.75) is 4.90 Å². The fourth-order valence-corrected chi connectivity index (χ4v) is 3.61. The lowest BCUT2D eigenvalue weighted by Crippen LogP contribution is -2.12. The summed E-state index contributed by atoms with van der Waals surface area (Å²) < 4.78 is 25.3. The van der Waals surface area contributed by atoms with E-state index in [4.69, 9.17) is 0 Å². The Hall–Kier alpha value is -3.45. The number of hydrogen-bond acceptors (Lipinski definition) is 4. The van der Waals surface area contributed by atoms with Crippen LogP contribution in [0.4, 0.5) is 5.69 Å². The van der Waals surface area contributed by atoms with Crippen molar-refractivity contribution in [3.05, 3.63) is 84.7 Å². The number of benzene rings is 3. The largest absolute Gasteiger partial charge is 0.322 e. The third kappa shape index (κ3) is 3.52. The van der Waals surface area contributed by atoms with Gasteiger partial charge in [0.1, 0.15) is 6.33 Å². The van der Waals surface area contributed by atoms with Crippen LogP contribution in [0, 0.1) is 0 Å². The Bertz CT molecular complexity index is 1280. The fourth-order valence-electron chi connectivity index (χ4n) is 2.94. The van der Waals surface area contributed by atoms with Crippen LogP contribution in [-0.2, 0) is 9.84 Å². The van der Waals surface area contributed by atoms with Gasteiger partial charge in [0.15, 0.2) is 9.84 Å². The summed E-state index contributed by atoms with van der Waals surface area (Å²) in [6.07, 6.45) is 2.87. The van der Waals surface area contributed by atoms with E-state index in [1.807, 2.05) is 41.0 Å². The van der Waals surface area contributed by atoms with Crippen molar-refractivity contribution < 1.29 is 13.2 Å². The summed E-state index contributed by atoms with van der Waals surface area (Å²) in [6, 6.07) is 21.2. The molecule has 4 aromatic rings. The molecule has 28 heavy (non-hydrogen) atoms. The molecule has 0 unspecified atom stereocenters. The predicted octanol–water partition coefficient (Wildman–Crippen LogP) is 3.68. The van der Waals surface area contributed by atoms with E-state index in [2.05, 4.69) is 10.3 Å². The minimum absolute atomic E-state index is 0.113. The lowest BCUT2D eigenvalue weighted by Gasteiger charge is -2.09. The first-order chi connectivity index (χ1) is 13.4. The monoisotopic (exact) mass is 391 g/mol. The summed E-state index contributed by atoms with van der Waals surface area (Å²) in [6.45, 7) is 0. The van der Waals surface area contributed by atoms with Gasteiger partial charge in [-0.3, -0.25) is 9.36 Å². The van der Waals surface area contributed by atoms with Crippen molar-refractivity contribution in [1.29, 1.82) is 0 Å². The number of aromatic nitrogens is 2. The Kier molecular flexibility index (Phi) is 4.44. The molecule has 0 saturated heterocycles. The van der Waals surface area contributed by atoms with E-state index in [0.29, 0.717) is 5.69 Å².